The van der Waals surface area contributed by atoms with Gasteiger partial charge in [0.15, 0.2) is 0 Å². The number of hydrogen-bond acceptors (Lipinski definition) is 4. The molecule has 108 valence electrons. The zero-order valence-corrected chi connectivity index (χ0v) is 13.4. The molecule has 1 saturated carbocycles. The fraction of sp³-hybridized carbons (Fsp3) is 0.692. The van der Waals surface area contributed by atoms with Crippen LogP contribution in [-0.2, 0) is 16.6 Å². The molecule has 4 nitrogen and oxygen atoms in total. The zero-order chi connectivity index (χ0) is 14.0. The molecule has 0 radical (unpaired) electrons. The second-order valence-electron chi connectivity index (χ2n) is 4.92. The molecule has 0 aliphatic heterocycles. The summed E-state index contributed by atoms with van der Waals surface area (Å²) in [7, 11) is -3.30. The van der Waals surface area contributed by atoms with Crippen molar-refractivity contribution in [2.45, 2.75) is 50.4 Å². The minimum atomic E-state index is -3.30. The van der Waals surface area contributed by atoms with Crippen LogP contribution in [0.1, 0.15) is 37.1 Å². The molecule has 1 heterocycles. The molecule has 1 fully saturated rings. The second kappa shape index (κ2) is 5.91. The maximum absolute atomic E-state index is 12.4. The van der Waals surface area contributed by atoms with Crippen LogP contribution in [0.4, 0.5) is 0 Å². The number of nitrogens with zero attached hydrogens (tertiary/aromatic N) is 1. The van der Waals surface area contributed by atoms with Crippen LogP contribution >= 0.6 is 11.3 Å². The van der Waals surface area contributed by atoms with Crippen LogP contribution in [0.5, 0.6) is 0 Å². The number of thiophene rings is 1. The van der Waals surface area contributed by atoms with Gasteiger partial charge >= 0.3 is 0 Å². The lowest BCUT2D eigenvalue weighted by Crippen LogP contribution is -2.30. The summed E-state index contributed by atoms with van der Waals surface area (Å²) in [6.45, 7) is 7.56. The normalized spacial score (nSPS) is 16.2. The highest BCUT2D eigenvalue weighted by molar-refractivity contribution is 7.91. The Morgan fingerprint density at radius 2 is 2.00 bits per heavy atom. The third-order valence-electron chi connectivity index (χ3n) is 3.43. The van der Waals surface area contributed by atoms with E-state index in [0.717, 1.165) is 17.0 Å². The lowest BCUT2D eigenvalue weighted by molar-refractivity contribution is 0.447. The molecule has 0 unspecified atom stereocenters. The molecule has 1 aliphatic carbocycles. The van der Waals surface area contributed by atoms with Crippen molar-refractivity contribution in [2.75, 3.05) is 13.1 Å². The molecule has 1 aliphatic rings. The van der Waals surface area contributed by atoms with Gasteiger partial charge in [-0.2, -0.15) is 4.31 Å². The zero-order valence-electron chi connectivity index (χ0n) is 11.8. The highest BCUT2D eigenvalue weighted by Gasteiger charge is 2.25. The summed E-state index contributed by atoms with van der Waals surface area (Å²) in [5.74, 6) is 0. The smallest absolute Gasteiger partial charge is 0.252 e. The largest absolute Gasteiger partial charge is 0.309 e. The molecule has 0 bridgehead atoms. The number of sulfonamides is 1. The van der Waals surface area contributed by atoms with Gasteiger partial charge < -0.3 is 5.32 Å². The summed E-state index contributed by atoms with van der Waals surface area (Å²) < 4.78 is 26.8. The van der Waals surface area contributed by atoms with Gasteiger partial charge in [-0.3, -0.25) is 0 Å². The molecular weight excluding hydrogens is 280 g/mol. The molecular formula is C13H22N2O2S2. The average Bonchev–Trinajstić information content (AvgIpc) is 3.11. The van der Waals surface area contributed by atoms with Crippen molar-refractivity contribution < 1.29 is 8.42 Å². The minimum absolute atomic E-state index is 0.473. The maximum atomic E-state index is 12.4. The quantitative estimate of drug-likeness (QED) is 0.841. The predicted octanol–water partition coefficient (Wildman–Crippen LogP) is 2.34. The molecule has 0 amide bonds. The van der Waals surface area contributed by atoms with Crippen molar-refractivity contribution in [1.29, 1.82) is 0 Å². The van der Waals surface area contributed by atoms with Gasteiger partial charge in [-0.25, -0.2) is 8.42 Å². The molecule has 2 rings (SSSR count). The Bertz CT molecular complexity index is 529. The molecule has 1 aromatic rings. The van der Waals surface area contributed by atoms with Crippen molar-refractivity contribution in [3.63, 3.8) is 0 Å². The van der Waals surface area contributed by atoms with Crippen LogP contribution in [0, 0.1) is 6.92 Å². The topological polar surface area (TPSA) is 49.4 Å². The molecule has 6 heteroatoms. The van der Waals surface area contributed by atoms with E-state index in [0.29, 0.717) is 23.3 Å². The Morgan fingerprint density at radius 3 is 2.53 bits per heavy atom. The van der Waals surface area contributed by atoms with E-state index in [2.05, 4.69) is 5.32 Å². The van der Waals surface area contributed by atoms with Crippen LogP contribution < -0.4 is 5.32 Å². The fourth-order valence-electron chi connectivity index (χ4n) is 2.01. The highest BCUT2D eigenvalue weighted by Crippen LogP contribution is 2.29. The molecule has 0 saturated heterocycles. The highest BCUT2D eigenvalue weighted by atomic mass is 32.2. The van der Waals surface area contributed by atoms with Crippen LogP contribution in [0.15, 0.2) is 10.3 Å². The van der Waals surface area contributed by atoms with Gasteiger partial charge in [0, 0.05) is 30.6 Å². The number of hydrogen-bond donors (Lipinski definition) is 1. The van der Waals surface area contributed by atoms with Gasteiger partial charge in [-0.05, 0) is 31.4 Å². The first kappa shape index (κ1) is 15.0. The van der Waals surface area contributed by atoms with E-state index < -0.39 is 10.0 Å². The van der Waals surface area contributed by atoms with Gasteiger partial charge in [-0.15, -0.1) is 11.3 Å². The van der Waals surface area contributed by atoms with E-state index in [1.165, 1.54) is 28.5 Å². The van der Waals surface area contributed by atoms with Crippen molar-refractivity contribution in [2.24, 2.45) is 0 Å². The van der Waals surface area contributed by atoms with E-state index in [1.54, 1.807) is 0 Å². The van der Waals surface area contributed by atoms with Gasteiger partial charge in [0.25, 0.3) is 10.0 Å². The summed E-state index contributed by atoms with van der Waals surface area (Å²) in [5, 5.41) is 3.44. The van der Waals surface area contributed by atoms with Crippen molar-refractivity contribution in [1.82, 2.24) is 9.62 Å². The van der Waals surface area contributed by atoms with Crippen LogP contribution in [0.2, 0.25) is 0 Å². The first-order valence-corrected chi connectivity index (χ1v) is 9.07. The Labute approximate surface area is 119 Å². The lowest BCUT2D eigenvalue weighted by Gasteiger charge is -2.16. The first-order valence-electron chi connectivity index (χ1n) is 6.81. The SMILES string of the molecule is CCN(CC)S(=O)(=O)c1cc(C)c(CNC2CC2)s1. The van der Waals surface area contributed by atoms with Gasteiger partial charge in [0.05, 0.1) is 0 Å². The Morgan fingerprint density at radius 1 is 1.37 bits per heavy atom. The summed E-state index contributed by atoms with van der Waals surface area (Å²) in [6.07, 6.45) is 2.49. The third-order valence-corrected chi connectivity index (χ3v) is 7.16. The minimum Gasteiger partial charge on any atom is -0.309 e. The monoisotopic (exact) mass is 302 g/mol. The molecule has 19 heavy (non-hydrogen) atoms. The molecule has 0 aromatic carbocycles. The Hall–Kier alpha value is -0.430. The van der Waals surface area contributed by atoms with Crippen LogP contribution in [-0.4, -0.2) is 31.9 Å². The molecule has 0 spiro atoms. The van der Waals surface area contributed by atoms with Crippen molar-refractivity contribution in [3.05, 3.63) is 16.5 Å². The number of aryl methyl sites for hydroxylation is 1. The van der Waals surface area contributed by atoms with Crippen molar-refractivity contribution in [3.8, 4) is 0 Å². The van der Waals surface area contributed by atoms with E-state index in [9.17, 15) is 8.42 Å². The predicted molar refractivity (Wildman–Crippen MR) is 79.0 cm³/mol. The maximum Gasteiger partial charge on any atom is 0.252 e. The summed E-state index contributed by atoms with van der Waals surface area (Å²) >= 11 is 1.40. The van der Waals surface area contributed by atoms with Gasteiger partial charge in [-0.1, -0.05) is 13.8 Å². The second-order valence-corrected chi connectivity index (χ2v) is 8.22. The Balaban J connectivity index is 2.17. The van der Waals surface area contributed by atoms with Crippen LogP contribution in [0.3, 0.4) is 0 Å². The first-order chi connectivity index (χ1) is 8.98. The average molecular weight is 302 g/mol. The molecule has 1 aromatic heterocycles. The van der Waals surface area contributed by atoms with E-state index in [1.807, 2.05) is 26.8 Å². The van der Waals surface area contributed by atoms with E-state index in [-0.39, 0.29) is 0 Å². The standard InChI is InChI=1S/C13H22N2O2S2/c1-4-15(5-2)19(16,17)13-8-10(3)12(18-13)9-14-11-6-7-11/h8,11,14H,4-7,9H2,1-3H3. The molecule has 1 N–H and O–H groups in total. The summed E-state index contributed by atoms with van der Waals surface area (Å²) in [5.41, 5.74) is 1.07. The lowest BCUT2D eigenvalue weighted by atomic mass is 10.3. The van der Waals surface area contributed by atoms with Gasteiger partial charge in [0.1, 0.15) is 4.21 Å². The van der Waals surface area contributed by atoms with Crippen molar-refractivity contribution >= 4 is 21.4 Å². The number of nitrogens with one attached hydrogen (secondary N) is 1. The van der Waals surface area contributed by atoms with Gasteiger partial charge in [0.2, 0.25) is 0 Å². The van der Waals surface area contributed by atoms with E-state index in [4.69, 9.17) is 0 Å². The third kappa shape index (κ3) is 3.37. The molecule has 0 atom stereocenters. The fourth-order valence-corrected chi connectivity index (χ4v) is 5.16. The Kier molecular flexibility index (Phi) is 4.66. The van der Waals surface area contributed by atoms with Crippen LogP contribution in [0.25, 0.3) is 0 Å². The summed E-state index contributed by atoms with van der Waals surface area (Å²) in [6, 6.07) is 2.45. The van der Waals surface area contributed by atoms with E-state index >= 15 is 0 Å². The number of rotatable bonds is 7. The summed E-state index contributed by atoms with van der Waals surface area (Å²) in [4.78, 5) is 1.14.